The van der Waals surface area contributed by atoms with Gasteiger partial charge in [0.05, 0.1) is 0 Å². The molecule has 0 fully saturated rings. The van der Waals surface area contributed by atoms with Crippen molar-refractivity contribution < 1.29 is 0 Å². The Labute approximate surface area is 86.0 Å². The fourth-order valence-corrected chi connectivity index (χ4v) is 1.72. The van der Waals surface area contributed by atoms with Gasteiger partial charge in [0.1, 0.15) is 0 Å². The van der Waals surface area contributed by atoms with Crippen LogP contribution in [0.2, 0.25) is 0 Å². The van der Waals surface area contributed by atoms with Crippen LogP contribution in [0.25, 0.3) is 0 Å². The van der Waals surface area contributed by atoms with E-state index in [0.29, 0.717) is 0 Å². The van der Waals surface area contributed by atoms with Gasteiger partial charge in [0, 0.05) is 11.4 Å². The lowest BCUT2D eigenvalue weighted by atomic mass is 10.1. The Morgan fingerprint density at radius 1 is 1.31 bits per heavy atom. The first-order valence-electron chi connectivity index (χ1n) is 4.72. The van der Waals surface area contributed by atoms with Gasteiger partial charge in [-0.2, -0.15) is 0 Å². The lowest BCUT2D eigenvalue weighted by molar-refractivity contribution is 0.674. The highest BCUT2D eigenvalue weighted by Crippen LogP contribution is 2.12. The highest BCUT2D eigenvalue weighted by molar-refractivity contribution is 7.80. The molecule has 1 aromatic carbocycles. The molecule has 0 aliphatic carbocycles. The summed E-state index contributed by atoms with van der Waals surface area (Å²) >= 11 is 4.34. The lowest BCUT2D eigenvalue weighted by Crippen LogP contribution is -2.13. The summed E-state index contributed by atoms with van der Waals surface area (Å²) in [6, 6.07) is 6.38. The normalized spacial score (nSPS) is 10.4. The predicted molar refractivity (Wildman–Crippen MR) is 60.4 cm³/mol. The Morgan fingerprint density at radius 2 is 2.08 bits per heavy atom. The summed E-state index contributed by atoms with van der Waals surface area (Å²) in [7, 11) is 0. The number of rotatable bonds is 4. The van der Waals surface area contributed by atoms with Crippen LogP contribution in [0.15, 0.2) is 23.1 Å². The van der Waals surface area contributed by atoms with E-state index >= 15 is 0 Å². The molecule has 1 rings (SSSR count). The molecule has 0 aliphatic heterocycles. The van der Waals surface area contributed by atoms with Crippen LogP contribution < -0.4 is 5.32 Å². The fourth-order valence-electron chi connectivity index (χ4n) is 1.35. The fraction of sp³-hybridized carbons (Fsp3) is 0.455. The number of benzene rings is 1. The Hall–Kier alpha value is -0.470. The van der Waals surface area contributed by atoms with Gasteiger partial charge in [-0.1, -0.05) is 13.0 Å². The molecule has 0 radical (unpaired) electrons. The first-order chi connectivity index (χ1) is 6.22. The van der Waals surface area contributed by atoms with Gasteiger partial charge >= 0.3 is 0 Å². The molecular formula is C11H17NS. The van der Waals surface area contributed by atoms with E-state index in [2.05, 4.69) is 50.0 Å². The van der Waals surface area contributed by atoms with Crippen LogP contribution in [0.3, 0.4) is 0 Å². The Kier molecular flexibility index (Phi) is 4.33. The van der Waals surface area contributed by atoms with Crippen molar-refractivity contribution >= 4 is 12.6 Å². The summed E-state index contributed by atoms with van der Waals surface area (Å²) < 4.78 is 0. The molecule has 0 aliphatic rings. The van der Waals surface area contributed by atoms with E-state index in [0.717, 1.165) is 18.0 Å². The predicted octanol–water partition coefficient (Wildman–Crippen LogP) is 2.78. The minimum Gasteiger partial charge on any atom is -0.313 e. The topological polar surface area (TPSA) is 12.0 Å². The van der Waals surface area contributed by atoms with Crippen molar-refractivity contribution in [1.29, 1.82) is 0 Å². The minimum absolute atomic E-state index is 0.947. The molecule has 1 aromatic rings. The number of thiol groups is 1. The van der Waals surface area contributed by atoms with Crippen LogP contribution in [0.4, 0.5) is 0 Å². The van der Waals surface area contributed by atoms with E-state index in [1.807, 2.05) is 0 Å². The van der Waals surface area contributed by atoms with Crippen molar-refractivity contribution in [3.8, 4) is 0 Å². The van der Waals surface area contributed by atoms with E-state index in [4.69, 9.17) is 0 Å². The molecule has 13 heavy (non-hydrogen) atoms. The quantitative estimate of drug-likeness (QED) is 0.556. The monoisotopic (exact) mass is 195 g/mol. The lowest BCUT2D eigenvalue weighted by Gasteiger charge is -2.05. The second-order valence-corrected chi connectivity index (χ2v) is 3.87. The molecule has 0 atom stereocenters. The molecule has 0 heterocycles. The maximum atomic E-state index is 4.34. The molecule has 72 valence electrons. The van der Waals surface area contributed by atoms with Crippen LogP contribution in [-0.4, -0.2) is 6.54 Å². The highest BCUT2D eigenvalue weighted by atomic mass is 32.1. The van der Waals surface area contributed by atoms with E-state index in [9.17, 15) is 0 Å². The summed E-state index contributed by atoms with van der Waals surface area (Å²) in [6.45, 7) is 6.30. The van der Waals surface area contributed by atoms with Crippen molar-refractivity contribution in [2.24, 2.45) is 0 Å². The third-order valence-corrected chi connectivity index (χ3v) is 2.14. The molecule has 0 saturated heterocycles. The van der Waals surface area contributed by atoms with Gasteiger partial charge in [-0.05, 0) is 43.1 Å². The summed E-state index contributed by atoms with van der Waals surface area (Å²) in [5, 5.41) is 3.37. The Bertz CT molecular complexity index is 251. The zero-order valence-corrected chi connectivity index (χ0v) is 9.20. The van der Waals surface area contributed by atoms with Crippen LogP contribution in [0, 0.1) is 6.92 Å². The van der Waals surface area contributed by atoms with E-state index in [1.165, 1.54) is 17.5 Å². The van der Waals surface area contributed by atoms with Crippen LogP contribution in [0.5, 0.6) is 0 Å². The van der Waals surface area contributed by atoms with Crippen molar-refractivity contribution in [2.45, 2.75) is 31.7 Å². The number of aryl methyl sites for hydroxylation is 1. The van der Waals surface area contributed by atoms with Gasteiger partial charge in [-0.15, -0.1) is 12.6 Å². The minimum atomic E-state index is 0.947. The molecular weight excluding hydrogens is 178 g/mol. The molecule has 0 saturated carbocycles. The van der Waals surface area contributed by atoms with E-state index in [-0.39, 0.29) is 0 Å². The molecule has 1 nitrogen and oxygen atoms in total. The SMILES string of the molecule is CCCNCc1cc(C)cc(S)c1. The Balaban J connectivity index is 2.56. The summed E-state index contributed by atoms with van der Waals surface area (Å²) in [4.78, 5) is 1.05. The van der Waals surface area contributed by atoms with Crippen LogP contribution >= 0.6 is 12.6 Å². The van der Waals surface area contributed by atoms with E-state index < -0.39 is 0 Å². The molecule has 0 unspecified atom stereocenters. The summed E-state index contributed by atoms with van der Waals surface area (Å²) in [5.74, 6) is 0. The largest absolute Gasteiger partial charge is 0.313 e. The van der Waals surface area contributed by atoms with Crippen molar-refractivity contribution in [3.05, 3.63) is 29.3 Å². The first-order valence-corrected chi connectivity index (χ1v) is 5.17. The molecule has 0 aromatic heterocycles. The molecule has 2 heteroatoms. The van der Waals surface area contributed by atoms with Crippen molar-refractivity contribution in [1.82, 2.24) is 5.32 Å². The van der Waals surface area contributed by atoms with Crippen molar-refractivity contribution in [3.63, 3.8) is 0 Å². The molecule has 0 amide bonds. The summed E-state index contributed by atoms with van der Waals surface area (Å²) in [6.07, 6.45) is 1.18. The number of hydrogen-bond acceptors (Lipinski definition) is 2. The number of nitrogens with one attached hydrogen (secondary N) is 1. The maximum absolute atomic E-state index is 4.34. The number of hydrogen-bond donors (Lipinski definition) is 2. The molecule has 1 N–H and O–H groups in total. The van der Waals surface area contributed by atoms with Gasteiger partial charge in [0.2, 0.25) is 0 Å². The van der Waals surface area contributed by atoms with Gasteiger partial charge in [0.25, 0.3) is 0 Å². The van der Waals surface area contributed by atoms with Gasteiger partial charge in [-0.25, -0.2) is 0 Å². The molecule has 0 spiro atoms. The third kappa shape index (κ3) is 3.83. The van der Waals surface area contributed by atoms with Gasteiger partial charge in [0.15, 0.2) is 0 Å². The van der Waals surface area contributed by atoms with Gasteiger partial charge in [-0.3, -0.25) is 0 Å². The third-order valence-electron chi connectivity index (χ3n) is 1.88. The zero-order chi connectivity index (χ0) is 9.68. The van der Waals surface area contributed by atoms with Gasteiger partial charge < -0.3 is 5.32 Å². The van der Waals surface area contributed by atoms with Crippen LogP contribution in [0.1, 0.15) is 24.5 Å². The second kappa shape index (κ2) is 5.30. The smallest absolute Gasteiger partial charge is 0.0205 e. The average Bonchev–Trinajstić information content (AvgIpc) is 2.03. The Morgan fingerprint density at radius 3 is 2.69 bits per heavy atom. The van der Waals surface area contributed by atoms with Crippen molar-refractivity contribution in [2.75, 3.05) is 6.54 Å². The van der Waals surface area contributed by atoms with Crippen LogP contribution in [-0.2, 0) is 6.54 Å². The second-order valence-electron chi connectivity index (χ2n) is 3.35. The molecule has 0 bridgehead atoms. The highest BCUT2D eigenvalue weighted by Gasteiger charge is 1.95. The standard InChI is InChI=1S/C11H17NS/c1-3-4-12-8-10-5-9(2)6-11(13)7-10/h5-7,12-13H,3-4,8H2,1-2H3. The first kappa shape index (κ1) is 10.6. The average molecular weight is 195 g/mol. The maximum Gasteiger partial charge on any atom is 0.0205 e. The van der Waals surface area contributed by atoms with E-state index in [1.54, 1.807) is 0 Å². The summed E-state index contributed by atoms with van der Waals surface area (Å²) in [5.41, 5.74) is 2.60. The zero-order valence-electron chi connectivity index (χ0n) is 8.30.